The number of para-hydroxylation sites is 1. The van der Waals surface area contributed by atoms with Crippen LogP contribution in [0.4, 0.5) is 0 Å². The molecule has 2 aromatic heterocycles. The molecule has 158 valence electrons. The first-order valence-corrected chi connectivity index (χ1v) is 10.6. The molecule has 3 heterocycles. The van der Waals surface area contributed by atoms with Gasteiger partial charge in [-0.1, -0.05) is 23.7 Å². The van der Waals surface area contributed by atoms with Crippen LogP contribution in [0.15, 0.2) is 48.8 Å². The molecule has 1 aliphatic heterocycles. The Balaban J connectivity index is 1.85. The van der Waals surface area contributed by atoms with Gasteiger partial charge in [0.1, 0.15) is 17.4 Å². The number of hydrogen-bond acceptors (Lipinski definition) is 4. The van der Waals surface area contributed by atoms with Crippen molar-refractivity contribution in [2.75, 3.05) is 7.11 Å². The Bertz CT molecular complexity index is 1020. The van der Waals surface area contributed by atoms with Crippen LogP contribution < -0.4 is 4.74 Å². The number of imidazole rings is 1. The second-order valence-corrected chi connectivity index (χ2v) is 9.56. The molecule has 0 unspecified atom stereocenters. The maximum atomic E-state index is 6.29. The third-order valence-electron chi connectivity index (χ3n) is 5.48. The number of nitrogens with zero attached hydrogens (tertiary/aromatic N) is 3. The van der Waals surface area contributed by atoms with Crippen molar-refractivity contribution in [3.8, 4) is 23.0 Å². The Hall–Kier alpha value is -2.37. The molecule has 0 aliphatic carbocycles. The standard InChI is InChI=1S/C24H28ClN3O2/c1-23(2)12-16(13-24(3,4)30-23)19-15-28(21-11-10-17(25)14-26-21)22(27-19)18-8-6-7-9-20(18)29-5/h6-11,14-16H,12-13H2,1-5H3. The summed E-state index contributed by atoms with van der Waals surface area (Å²) in [6.07, 6.45) is 5.57. The van der Waals surface area contributed by atoms with Gasteiger partial charge in [-0.3, -0.25) is 4.57 Å². The molecular formula is C24H28ClN3O2. The van der Waals surface area contributed by atoms with Gasteiger partial charge in [0.2, 0.25) is 0 Å². The Morgan fingerprint density at radius 3 is 2.40 bits per heavy atom. The van der Waals surface area contributed by atoms with E-state index in [1.54, 1.807) is 13.3 Å². The largest absolute Gasteiger partial charge is 0.496 e. The molecule has 1 fully saturated rings. The Kier molecular flexibility index (Phi) is 5.37. The van der Waals surface area contributed by atoms with E-state index in [9.17, 15) is 0 Å². The van der Waals surface area contributed by atoms with Crippen LogP contribution in [0.3, 0.4) is 0 Å². The zero-order valence-corrected chi connectivity index (χ0v) is 18.9. The highest BCUT2D eigenvalue weighted by atomic mass is 35.5. The molecule has 30 heavy (non-hydrogen) atoms. The summed E-state index contributed by atoms with van der Waals surface area (Å²) in [6.45, 7) is 8.61. The summed E-state index contributed by atoms with van der Waals surface area (Å²) in [7, 11) is 1.68. The molecule has 5 nitrogen and oxygen atoms in total. The second-order valence-electron chi connectivity index (χ2n) is 9.12. The average Bonchev–Trinajstić information content (AvgIpc) is 3.11. The summed E-state index contributed by atoms with van der Waals surface area (Å²) >= 11 is 6.07. The zero-order valence-electron chi connectivity index (χ0n) is 18.1. The van der Waals surface area contributed by atoms with Crippen LogP contribution in [0.1, 0.15) is 52.1 Å². The lowest BCUT2D eigenvalue weighted by molar-refractivity contribution is -0.162. The summed E-state index contributed by atoms with van der Waals surface area (Å²) in [5.74, 6) is 2.63. The van der Waals surface area contributed by atoms with E-state index in [0.29, 0.717) is 5.02 Å². The maximum Gasteiger partial charge on any atom is 0.149 e. The van der Waals surface area contributed by atoms with Gasteiger partial charge in [-0.25, -0.2) is 9.97 Å². The monoisotopic (exact) mass is 425 g/mol. The average molecular weight is 426 g/mol. The quantitative estimate of drug-likeness (QED) is 0.510. The number of aromatic nitrogens is 3. The van der Waals surface area contributed by atoms with E-state index in [-0.39, 0.29) is 17.1 Å². The number of halogens is 1. The van der Waals surface area contributed by atoms with E-state index >= 15 is 0 Å². The van der Waals surface area contributed by atoms with Crippen LogP contribution in [-0.2, 0) is 4.74 Å². The maximum absolute atomic E-state index is 6.29. The van der Waals surface area contributed by atoms with Gasteiger partial charge in [-0.15, -0.1) is 0 Å². The van der Waals surface area contributed by atoms with Crippen molar-refractivity contribution < 1.29 is 9.47 Å². The van der Waals surface area contributed by atoms with Gasteiger partial charge in [0, 0.05) is 18.3 Å². The van der Waals surface area contributed by atoms with Gasteiger partial charge in [-0.2, -0.15) is 0 Å². The molecule has 0 spiro atoms. The van der Waals surface area contributed by atoms with E-state index < -0.39 is 0 Å². The molecular weight excluding hydrogens is 398 g/mol. The van der Waals surface area contributed by atoms with Crippen molar-refractivity contribution in [2.24, 2.45) is 0 Å². The van der Waals surface area contributed by atoms with Gasteiger partial charge in [-0.05, 0) is 64.8 Å². The normalized spacial score (nSPS) is 18.3. The van der Waals surface area contributed by atoms with E-state index in [4.69, 9.17) is 26.1 Å². The first-order chi connectivity index (χ1) is 14.2. The predicted octanol–water partition coefficient (Wildman–Crippen LogP) is 6.05. The zero-order chi connectivity index (χ0) is 21.5. The third-order valence-corrected chi connectivity index (χ3v) is 5.70. The van der Waals surface area contributed by atoms with Crippen LogP contribution in [0, 0.1) is 0 Å². The molecule has 0 saturated carbocycles. The lowest BCUT2D eigenvalue weighted by atomic mass is 9.79. The molecule has 1 aromatic carbocycles. The van der Waals surface area contributed by atoms with Crippen molar-refractivity contribution >= 4 is 11.6 Å². The first-order valence-electron chi connectivity index (χ1n) is 10.2. The second kappa shape index (κ2) is 7.71. The Morgan fingerprint density at radius 1 is 1.07 bits per heavy atom. The number of rotatable bonds is 4. The van der Waals surface area contributed by atoms with Gasteiger partial charge in [0.15, 0.2) is 0 Å². The van der Waals surface area contributed by atoms with Crippen LogP contribution >= 0.6 is 11.6 Å². The fraction of sp³-hybridized carbons (Fsp3) is 0.417. The highest BCUT2D eigenvalue weighted by Crippen LogP contribution is 2.44. The SMILES string of the molecule is COc1ccccc1-c1nc(C2CC(C)(C)OC(C)(C)C2)cn1-c1ccc(Cl)cn1. The smallest absolute Gasteiger partial charge is 0.149 e. The Morgan fingerprint density at radius 2 is 1.77 bits per heavy atom. The van der Waals surface area contributed by atoms with Crippen molar-refractivity contribution in [3.63, 3.8) is 0 Å². The highest BCUT2D eigenvalue weighted by molar-refractivity contribution is 6.30. The topological polar surface area (TPSA) is 49.2 Å². The van der Waals surface area contributed by atoms with E-state index in [0.717, 1.165) is 41.5 Å². The van der Waals surface area contributed by atoms with Crippen LogP contribution in [0.2, 0.25) is 5.02 Å². The van der Waals surface area contributed by atoms with Crippen molar-refractivity contribution in [1.29, 1.82) is 0 Å². The van der Waals surface area contributed by atoms with Crippen molar-refractivity contribution in [2.45, 2.75) is 57.7 Å². The van der Waals surface area contributed by atoms with E-state index in [1.165, 1.54) is 0 Å². The minimum Gasteiger partial charge on any atom is -0.496 e. The summed E-state index contributed by atoms with van der Waals surface area (Å²) in [4.78, 5) is 9.63. The predicted molar refractivity (Wildman–Crippen MR) is 120 cm³/mol. The molecule has 0 amide bonds. The van der Waals surface area contributed by atoms with Gasteiger partial charge in [0.25, 0.3) is 0 Å². The summed E-state index contributed by atoms with van der Waals surface area (Å²) in [5, 5.41) is 0.603. The molecule has 0 atom stereocenters. The lowest BCUT2D eigenvalue weighted by Crippen LogP contribution is -2.44. The van der Waals surface area contributed by atoms with E-state index in [1.807, 2.05) is 41.0 Å². The van der Waals surface area contributed by atoms with Gasteiger partial charge in [0.05, 0.1) is 34.6 Å². The van der Waals surface area contributed by atoms with Crippen molar-refractivity contribution in [1.82, 2.24) is 14.5 Å². The Labute approximate surface area is 183 Å². The highest BCUT2D eigenvalue weighted by Gasteiger charge is 2.41. The molecule has 3 aromatic rings. The number of pyridine rings is 1. The molecule has 6 heteroatoms. The van der Waals surface area contributed by atoms with Crippen molar-refractivity contribution in [3.05, 3.63) is 59.5 Å². The number of methoxy groups -OCH3 is 1. The molecule has 1 saturated heterocycles. The van der Waals surface area contributed by atoms with Gasteiger partial charge >= 0.3 is 0 Å². The van der Waals surface area contributed by atoms with Gasteiger partial charge < -0.3 is 9.47 Å². The first kappa shape index (κ1) is 20.9. The molecule has 0 radical (unpaired) electrons. The molecule has 0 bridgehead atoms. The number of ether oxygens (including phenoxy) is 2. The summed E-state index contributed by atoms with van der Waals surface area (Å²) in [6, 6.07) is 11.7. The molecule has 0 N–H and O–H groups in total. The summed E-state index contributed by atoms with van der Waals surface area (Å²) in [5.41, 5.74) is 1.55. The molecule has 1 aliphatic rings. The minimum atomic E-state index is -0.209. The van der Waals surface area contributed by atoms with Crippen LogP contribution in [-0.4, -0.2) is 32.8 Å². The van der Waals surface area contributed by atoms with E-state index in [2.05, 4.69) is 38.9 Å². The fourth-order valence-corrected chi connectivity index (χ4v) is 4.71. The summed E-state index contributed by atoms with van der Waals surface area (Å²) < 4.78 is 13.9. The number of hydrogen-bond donors (Lipinski definition) is 0. The van der Waals surface area contributed by atoms with Crippen LogP contribution in [0.5, 0.6) is 5.75 Å². The minimum absolute atomic E-state index is 0.209. The number of benzene rings is 1. The van der Waals surface area contributed by atoms with Crippen LogP contribution in [0.25, 0.3) is 17.2 Å². The fourth-order valence-electron chi connectivity index (χ4n) is 4.60. The molecule has 4 rings (SSSR count). The lowest BCUT2D eigenvalue weighted by Gasteiger charge is -2.45. The third kappa shape index (κ3) is 4.23.